The molecule has 4 nitrogen and oxygen atoms in total. The van der Waals surface area contributed by atoms with E-state index in [1.165, 1.54) is 0 Å². The van der Waals surface area contributed by atoms with Gasteiger partial charge >= 0.3 is 0 Å². The zero-order chi connectivity index (χ0) is 8.53. The highest BCUT2D eigenvalue weighted by molar-refractivity contribution is 4.52. The molecule has 0 aromatic heterocycles. The van der Waals surface area contributed by atoms with E-state index in [1.807, 2.05) is 0 Å². The van der Waals surface area contributed by atoms with Crippen LogP contribution in [0.1, 0.15) is 0 Å². The summed E-state index contributed by atoms with van der Waals surface area (Å²) in [5, 5.41) is 0. The predicted molar refractivity (Wildman–Crippen MR) is 42.5 cm³/mol. The highest BCUT2D eigenvalue weighted by atomic mass is 16.5. The second kappa shape index (κ2) is 7.94. The summed E-state index contributed by atoms with van der Waals surface area (Å²) in [6.07, 6.45) is 0.0200. The van der Waals surface area contributed by atoms with Crippen LogP contribution in [0.2, 0.25) is 0 Å². The molecule has 2 N–H and O–H groups in total. The van der Waals surface area contributed by atoms with Gasteiger partial charge in [0.15, 0.2) is 0 Å². The molecular weight excluding hydrogens is 146 g/mol. The van der Waals surface area contributed by atoms with E-state index in [4.69, 9.17) is 19.9 Å². The molecule has 0 aliphatic heterocycles. The van der Waals surface area contributed by atoms with Crippen molar-refractivity contribution in [3.8, 4) is 0 Å². The normalized spacial score (nSPS) is 13.4. The lowest BCUT2D eigenvalue weighted by Gasteiger charge is -2.13. The Morgan fingerprint density at radius 2 is 2.00 bits per heavy atom. The molecule has 0 fully saturated rings. The third-order valence-electron chi connectivity index (χ3n) is 1.25. The molecule has 0 radical (unpaired) electrons. The van der Waals surface area contributed by atoms with Crippen molar-refractivity contribution >= 4 is 0 Å². The minimum absolute atomic E-state index is 0.0200. The first-order valence-corrected chi connectivity index (χ1v) is 3.64. The van der Waals surface area contributed by atoms with Gasteiger partial charge in [0.05, 0.1) is 19.8 Å². The number of hydrogen-bond donors (Lipinski definition) is 1. The molecule has 0 rings (SSSR count). The van der Waals surface area contributed by atoms with Crippen LogP contribution >= 0.6 is 0 Å². The minimum atomic E-state index is 0.0200. The Morgan fingerprint density at radius 3 is 2.45 bits per heavy atom. The summed E-state index contributed by atoms with van der Waals surface area (Å²) in [6.45, 7) is 2.22. The number of ether oxygens (including phenoxy) is 3. The first kappa shape index (κ1) is 10.8. The first-order chi connectivity index (χ1) is 5.35. The molecule has 0 heterocycles. The van der Waals surface area contributed by atoms with Crippen LogP contribution < -0.4 is 5.73 Å². The van der Waals surface area contributed by atoms with Gasteiger partial charge < -0.3 is 19.9 Å². The molecule has 11 heavy (non-hydrogen) atoms. The fourth-order valence-corrected chi connectivity index (χ4v) is 0.668. The van der Waals surface area contributed by atoms with Crippen LogP contribution in [0, 0.1) is 0 Å². The van der Waals surface area contributed by atoms with Crippen LogP contribution in [0.3, 0.4) is 0 Å². The average Bonchev–Trinajstić information content (AvgIpc) is 2.03. The second-order valence-electron chi connectivity index (χ2n) is 2.18. The van der Waals surface area contributed by atoms with Gasteiger partial charge in [0.1, 0.15) is 6.10 Å². The van der Waals surface area contributed by atoms with E-state index in [0.717, 1.165) is 0 Å². The van der Waals surface area contributed by atoms with Crippen LogP contribution in [0.15, 0.2) is 0 Å². The minimum Gasteiger partial charge on any atom is -0.382 e. The molecule has 0 saturated heterocycles. The highest BCUT2D eigenvalue weighted by Crippen LogP contribution is 1.91. The molecular formula is C7H17NO3. The maximum Gasteiger partial charge on any atom is 0.104 e. The molecule has 0 bridgehead atoms. The first-order valence-electron chi connectivity index (χ1n) is 3.64. The lowest BCUT2D eigenvalue weighted by atomic mass is 10.4. The molecule has 0 aromatic carbocycles. The zero-order valence-corrected chi connectivity index (χ0v) is 7.21. The van der Waals surface area contributed by atoms with Gasteiger partial charge in [-0.3, -0.25) is 0 Å². The van der Waals surface area contributed by atoms with Gasteiger partial charge in [0.25, 0.3) is 0 Å². The third-order valence-corrected chi connectivity index (χ3v) is 1.25. The van der Waals surface area contributed by atoms with E-state index in [9.17, 15) is 0 Å². The lowest BCUT2D eigenvalue weighted by molar-refractivity contribution is -0.0286. The van der Waals surface area contributed by atoms with Crippen molar-refractivity contribution in [3.63, 3.8) is 0 Å². The van der Waals surface area contributed by atoms with Gasteiger partial charge in [-0.15, -0.1) is 0 Å². The highest BCUT2D eigenvalue weighted by Gasteiger charge is 2.05. The maximum absolute atomic E-state index is 5.23. The van der Waals surface area contributed by atoms with E-state index in [1.54, 1.807) is 14.2 Å². The standard InChI is InChI=1S/C7H17NO3/c1-9-5-7(10-2)6-11-4-3-8/h7H,3-6,8H2,1-2H3. The Labute approximate surface area is 67.6 Å². The molecule has 1 unspecified atom stereocenters. The van der Waals surface area contributed by atoms with Gasteiger partial charge in [-0.2, -0.15) is 0 Å². The quantitative estimate of drug-likeness (QED) is 0.520. The van der Waals surface area contributed by atoms with Gasteiger partial charge in [-0.1, -0.05) is 0 Å². The number of methoxy groups -OCH3 is 2. The zero-order valence-electron chi connectivity index (χ0n) is 7.21. The lowest BCUT2D eigenvalue weighted by Crippen LogP contribution is -2.25. The summed E-state index contributed by atoms with van der Waals surface area (Å²) < 4.78 is 15.1. The van der Waals surface area contributed by atoms with Gasteiger partial charge in [0, 0.05) is 20.8 Å². The van der Waals surface area contributed by atoms with Crippen LogP contribution in [0.4, 0.5) is 0 Å². The van der Waals surface area contributed by atoms with E-state index in [2.05, 4.69) is 0 Å². The molecule has 0 aliphatic rings. The predicted octanol–water partition coefficient (Wildman–Crippen LogP) is -0.377. The number of hydrogen-bond acceptors (Lipinski definition) is 4. The topological polar surface area (TPSA) is 53.7 Å². The second-order valence-corrected chi connectivity index (χ2v) is 2.18. The van der Waals surface area contributed by atoms with Gasteiger partial charge in [-0.25, -0.2) is 0 Å². The van der Waals surface area contributed by atoms with Gasteiger partial charge in [-0.05, 0) is 0 Å². The largest absolute Gasteiger partial charge is 0.382 e. The number of nitrogens with two attached hydrogens (primary N) is 1. The molecule has 68 valence electrons. The SMILES string of the molecule is COCC(COCCN)OC. The molecule has 0 aliphatic carbocycles. The molecule has 0 saturated carbocycles. The molecule has 1 atom stereocenters. The summed E-state index contributed by atoms with van der Waals surface area (Å²) in [4.78, 5) is 0. The van der Waals surface area contributed by atoms with Crippen LogP contribution in [0.5, 0.6) is 0 Å². The Bertz CT molecular complexity index is 80.1. The monoisotopic (exact) mass is 163 g/mol. The summed E-state index contributed by atoms with van der Waals surface area (Å²) >= 11 is 0. The Morgan fingerprint density at radius 1 is 1.27 bits per heavy atom. The summed E-state index contributed by atoms with van der Waals surface area (Å²) in [5.74, 6) is 0. The Hall–Kier alpha value is -0.160. The average molecular weight is 163 g/mol. The van der Waals surface area contributed by atoms with E-state index in [0.29, 0.717) is 26.4 Å². The van der Waals surface area contributed by atoms with Crippen molar-refractivity contribution in [2.24, 2.45) is 5.73 Å². The van der Waals surface area contributed by atoms with E-state index >= 15 is 0 Å². The summed E-state index contributed by atoms with van der Waals surface area (Å²) in [6, 6.07) is 0. The van der Waals surface area contributed by atoms with E-state index < -0.39 is 0 Å². The van der Waals surface area contributed by atoms with Crippen molar-refractivity contribution in [2.45, 2.75) is 6.10 Å². The maximum atomic E-state index is 5.23. The van der Waals surface area contributed by atoms with Crippen LogP contribution in [0.25, 0.3) is 0 Å². The third kappa shape index (κ3) is 6.25. The van der Waals surface area contributed by atoms with E-state index in [-0.39, 0.29) is 6.10 Å². The van der Waals surface area contributed by atoms with Crippen molar-refractivity contribution < 1.29 is 14.2 Å². The van der Waals surface area contributed by atoms with Crippen molar-refractivity contribution in [2.75, 3.05) is 40.6 Å². The number of rotatable bonds is 7. The summed E-state index contributed by atoms with van der Waals surface area (Å²) in [7, 11) is 3.27. The molecule has 0 spiro atoms. The van der Waals surface area contributed by atoms with Gasteiger partial charge in [0.2, 0.25) is 0 Å². The fourth-order valence-electron chi connectivity index (χ4n) is 0.668. The van der Waals surface area contributed by atoms with Crippen molar-refractivity contribution in [1.82, 2.24) is 0 Å². The Balaban J connectivity index is 3.20. The van der Waals surface area contributed by atoms with Crippen LogP contribution in [-0.2, 0) is 14.2 Å². The molecule has 0 aromatic rings. The van der Waals surface area contributed by atoms with Crippen LogP contribution in [-0.4, -0.2) is 46.7 Å². The molecule has 0 amide bonds. The van der Waals surface area contributed by atoms with Crippen molar-refractivity contribution in [1.29, 1.82) is 0 Å². The fraction of sp³-hybridized carbons (Fsp3) is 1.00. The molecule has 4 heteroatoms. The smallest absolute Gasteiger partial charge is 0.104 e. The van der Waals surface area contributed by atoms with Crippen molar-refractivity contribution in [3.05, 3.63) is 0 Å². The Kier molecular flexibility index (Phi) is 7.83. The summed E-state index contributed by atoms with van der Waals surface area (Å²) in [5.41, 5.74) is 5.23.